The van der Waals surface area contributed by atoms with E-state index in [9.17, 15) is 0 Å². The highest BCUT2D eigenvalue weighted by Crippen LogP contribution is 2.30. The molecule has 0 aliphatic heterocycles. The van der Waals surface area contributed by atoms with Crippen molar-refractivity contribution in [1.29, 1.82) is 0 Å². The van der Waals surface area contributed by atoms with Crippen LogP contribution in [0.5, 0.6) is 0 Å². The quantitative estimate of drug-likeness (QED) is 0.683. The van der Waals surface area contributed by atoms with E-state index in [2.05, 4.69) is 58.0 Å². The van der Waals surface area contributed by atoms with Crippen molar-refractivity contribution >= 4 is 14.7 Å². The van der Waals surface area contributed by atoms with Gasteiger partial charge in [-0.15, -0.1) is 0 Å². The molecule has 0 nitrogen and oxygen atoms in total. The van der Waals surface area contributed by atoms with Crippen molar-refractivity contribution in [3.8, 4) is 0 Å². The maximum atomic E-state index is 2.37. The van der Waals surface area contributed by atoms with Gasteiger partial charge in [-0.25, -0.2) is 0 Å². The molecule has 1 aromatic rings. The third kappa shape index (κ3) is 2.35. The monoisotopic (exact) mass is 228 g/mol. The zero-order chi connectivity index (χ0) is 11.7. The lowest BCUT2D eigenvalue weighted by Gasteiger charge is -2.15. The van der Waals surface area contributed by atoms with Crippen molar-refractivity contribution in [3.63, 3.8) is 0 Å². The van der Waals surface area contributed by atoms with Gasteiger partial charge in [-0.3, -0.25) is 0 Å². The minimum atomic E-state index is -0.209. The van der Waals surface area contributed by atoms with Crippen molar-refractivity contribution in [2.45, 2.75) is 33.2 Å². The summed E-state index contributed by atoms with van der Waals surface area (Å²) in [5.74, 6) is 0. The molecule has 2 rings (SSSR count). The summed E-state index contributed by atoms with van der Waals surface area (Å²) in [7, 11) is -0.209. The topological polar surface area (TPSA) is 0 Å². The fourth-order valence-electron chi connectivity index (χ4n) is 2.60. The van der Waals surface area contributed by atoms with Gasteiger partial charge in [0.25, 0.3) is 0 Å². The standard InChI is InChI=1S/C15H20Si/c1-10-7-11(2)9-14(8-10)16-15-12(3)5-6-13(15)4/h5-9,15H,16H2,1-4H3. The van der Waals surface area contributed by atoms with Crippen LogP contribution in [-0.4, -0.2) is 9.52 Å². The van der Waals surface area contributed by atoms with E-state index in [0.29, 0.717) is 0 Å². The summed E-state index contributed by atoms with van der Waals surface area (Å²) in [6.45, 7) is 8.94. The average Bonchev–Trinajstić information content (AvgIpc) is 2.48. The van der Waals surface area contributed by atoms with Crippen molar-refractivity contribution in [1.82, 2.24) is 0 Å². The summed E-state index contributed by atoms with van der Waals surface area (Å²) in [5.41, 5.74) is 6.69. The largest absolute Gasteiger partial charge is 0.0691 e. The van der Waals surface area contributed by atoms with Crippen LogP contribution in [0.1, 0.15) is 25.0 Å². The van der Waals surface area contributed by atoms with E-state index >= 15 is 0 Å². The Labute approximate surface area is 101 Å². The van der Waals surface area contributed by atoms with E-state index in [4.69, 9.17) is 0 Å². The first-order valence-corrected chi connectivity index (χ1v) is 7.51. The van der Waals surface area contributed by atoms with E-state index in [1.54, 1.807) is 16.3 Å². The number of aryl methyl sites for hydroxylation is 2. The van der Waals surface area contributed by atoms with Crippen LogP contribution in [0.4, 0.5) is 0 Å². The van der Waals surface area contributed by atoms with Gasteiger partial charge < -0.3 is 0 Å². The molecule has 0 spiro atoms. The zero-order valence-electron chi connectivity index (χ0n) is 10.7. The molecule has 0 unspecified atom stereocenters. The van der Waals surface area contributed by atoms with Crippen LogP contribution >= 0.6 is 0 Å². The summed E-state index contributed by atoms with van der Waals surface area (Å²) in [4.78, 5) is 0. The van der Waals surface area contributed by atoms with Crippen LogP contribution in [0, 0.1) is 13.8 Å². The van der Waals surface area contributed by atoms with Crippen LogP contribution in [0.2, 0.25) is 5.54 Å². The Morgan fingerprint density at radius 1 is 0.812 bits per heavy atom. The second-order valence-electron chi connectivity index (χ2n) is 5.07. The molecule has 1 heteroatoms. The molecule has 0 atom stereocenters. The Balaban J connectivity index is 2.21. The molecule has 16 heavy (non-hydrogen) atoms. The fourth-order valence-corrected chi connectivity index (χ4v) is 4.87. The van der Waals surface area contributed by atoms with E-state index in [-0.39, 0.29) is 9.52 Å². The van der Waals surface area contributed by atoms with Crippen molar-refractivity contribution in [2.24, 2.45) is 0 Å². The first kappa shape index (κ1) is 11.4. The van der Waals surface area contributed by atoms with Gasteiger partial charge in [0.2, 0.25) is 0 Å². The van der Waals surface area contributed by atoms with Crippen LogP contribution in [0.3, 0.4) is 0 Å². The highest BCUT2D eigenvalue weighted by Gasteiger charge is 2.17. The molecule has 1 aliphatic rings. The fraction of sp³-hybridized carbons (Fsp3) is 0.333. The smallest absolute Gasteiger partial charge is 0.0670 e. The van der Waals surface area contributed by atoms with Gasteiger partial charge in [0.15, 0.2) is 0 Å². The number of rotatable bonds is 2. The number of benzene rings is 1. The molecule has 0 amide bonds. The Hall–Kier alpha value is -1.08. The molecule has 0 aromatic heterocycles. The van der Waals surface area contributed by atoms with E-state index < -0.39 is 0 Å². The number of hydrogen-bond donors (Lipinski definition) is 0. The predicted octanol–water partition coefficient (Wildman–Crippen LogP) is 2.79. The van der Waals surface area contributed by atoms with Gasteiger partial charge >= 0.3 is 0 Å². The predicted molar refractivity (Wildman–Crippen MR) is 75.4 cm³/mol. The number of hydrogen-bond acceptors (Lipinski definition) is 0. The molecule has 1 aromatic carbocycles. The van der Waals surface area contributed by atoms with Crippen LogP contribution in [0.15, 0.2) is 41.5 Å². The maximum Gasteiger partial charge on any atom is 0.0670 e. The first-order chi connectivity index (χ1) is 7.56. The SMILES string of the molecule is CC1=CC=C(C)C1[SiH2]c1cc(C)cc(C)c1. The molecule has 0 radical (unpaired) electrons. The number of allylic oxidation sites excluding steroid dienone is 4. The van der Waals surface area contributed by atoms with Crippen LogP contribution in [-0.2, 0) is 0 Å². The molecule has 0 bridgehead atoms. The van der Waals surface area contributed by atoms with Gasteiger partial charge in [0.1, 0.15) is 0 Å². The lowest BCUT2D eigenvalue weighted by atomic mass is 10.2. The van der Waals surface area contributed by atoms with Crippen LogP contribution < -0.4 is 5.19 Å². The maximum absolute atomic E-state index is 2.37. The van der Waals surface area contributed by atoms with E-state index in [0.717, 1.165) is 5.54 Å². The normalized spacial score (nSPS) is 17.0. The second kappa shape index (κ2) is 4.42. The third-order valence-electron chi connectivity index (χ3n) is 3.43. The molecular weight excluding hydrogens is 208 g/mol. The minimum Gasteiger partial charge on any atom is -0.0691 e. The highest BCUT2D eigenvalue weighted by atomic mass is 28.2. The molecule has 0 fully saturated rings. The van der Waals surface area contributed by atoms with Crippen molar-refractivity contribution < 1.29 is 0 Å². The molecule has 0 saturated heterocycles. The molecule has 0 heterocycles. The Kier molecular flexibility index (Phi) is 3.15. The minimum absolute atomic E-state index is 0.209. The first-order valence-electron chi connectivity index (χ1n) is 5.98. The highest BCUT2D eigenvalue weighted by molar-refractivity contribution is 6.56. The summed E-state index contributed by atoms with van der Waals surface area (Å²) in [6.07, 6.45) is 4.57. The van der Waals surface area contributed by atoms with Gasteiger partial charge in [-0.2, -0.15) is 0 Å². The Bertz CT molecular complexity index is 428. The van der Waals surface area contributed by atoms with Gasteiger partial charge in [0, 0.05) is 0 Å². The van der Waals surface area contributed by atoms with E-state index in [1.807, 2.05) is 0 Å². The zero-order valence-corrected chi connectivity index (χ0v) is 12.1. The van der Waals surface area contributed by atoms with Crippen molar-refractivity contribution in [3.05, 3.63) is 52.6 Å². The third-order valence-corrected chi connectivity index (χ3v) is 6.01. The second-order valence-corrected chi connectivity index (χ2v) is 7.12. The summed E-state index contributed by atoms with van der Waals surface area (Å²) in [5, 5.41) is 1.60. The van der Waals surface area contributed by atoms with Crippen molar-refractivity contribution in [2.75, 3.05) is 0 Å². The lowest BCUT2D eigenvalue weighted by Crippen LogP contribution is -2.20. The Morgan fingerprint density at radius 2 is 1.31 bits per heavy atom. The van der Waals surface area contributed by atoms with Gasteiger partial charge in [0.05, 0.1) is 9.52 Å². The van der Waals surface area contributed by atoms with Crippen LogP contribution in [0.25, 0.3) is 0 Å². The Morgan fingerprint density at radius 3 is 1.81 bits per heavy atom. The summed E-state index contributed by atoms with van der Waals surface area (Å²) >= 11 is 0. The van der Waals surface area contributed by atoms with E-state index in [1.165, 1.54) is 11.1 Å². The lowest BCUT2D eigenvalue weighted by molar-refractivity contribution is 1.13. The molecule has 1 aliphatic carbocycles. The molecule has 0 saturated carbocycles. The summed E-state index contributed by atoms with van der Waals surface area (Å²) in [6, 6.07) is 7.01. The molecule has 84 valence electrons. The average molecular weight is 228 g/mol. The molecular formula is C15H20Si. The van der Waals surface area contributed by atoms with Gasteiger partial charge in [-0.1, -0.05) is 57.8 Å². The summed E-state index contributed by atoms with van der Waals surface area (Å²) < 4.78 is 0. The molecule has 0 N–H and O–H groups in total. The van der Waals surface area contributed by atoms with Gasteiger partial charge in [-0.05, 0) is 33.2 Å².